The van der Waals surface area contributed by atoms with E-state index in [9.17, 15) is 4.79 Å². The average Bonchev–Trinajstić information content (AvgIpc) is 2.85. The highest BCUT2D eigenvalue weighted by molar-refractivity contribution is 8.00. The second kappa shape index (κ2) is 5.26. The number of aromatic nitrogens is 4. The number of rotatable bonds is 5. The van der Waals surface area contributed by atoms with Crippen molar-refractivity contribution >= 4 is 29.5 Å². The monoisotopic (exact) mass is 274 g/mol. The highest BCUT2D eigenvalue weighted by Crippen LogP contribution is 2.39. The molecule has 0 radical (unpaired) electrons. The minimum Gasteiger partial charge on any atom is -0.481 e. The number of hydrogen-bond donors (Lipinski definition) is 1. The molecular weight excluding hydrogens is 260 g/mol. The molecule has 1 atom stereocenters. The molecule has 0 aliphatic carbocycles. The van der Waals surface area contributed by atoms with Gasteiger partial charge in [-0.25, -0.2) is 4.68 Å². The van der Waals surface area contributed by atoms with Gasteiger partial charge in [0.25, 0.3) is 0 Å². The second-order valence-electron chi connectivity index (χ2n) is 4.20. The molecule has 1 aliphatic heterocycles. The lowest BCUT2D eigenvalue weighted by Gasteiger charge is -2.22. The quantitative estimate of drug-likeness (QED) is 0.806. The number of thioether (sulfide) groups is 2. The zero-order valence-corrected chi connectivity index (χ0v) is 11.1. The van der Waals surface area contributed by atoms with Gasteiger partial charge < -0.3 is 5.11 Å². The molecule has 0 saturated carbocycles. The van der Waals surface area contributed by atoms with Gasteiger partial charge in [-0.3, -0.25) is 4.79 Å². The smallest absolute Gasteiger partial charge is 0.313 e. The Kier molecular flexibility index (Phi) is 3.93. The number of aliphatic carboxylic acids is 1. The molecule has 1 saturated heterocycles. The first-order valence-electron chi connectivity index (χ1n) is 5.34. The van der Waals surface area contributed by atoms with Gasteiger partial charge in [0.2, 0.25) is 5.16 Å². The van der Waals surface area contributed by atoms with Crippen LogP contribution in [-0.4, -0.2) is 47.5 Å². The van der Waals surface area contributed by atoms with Crippen molar-refractivity contribution in [2.75, 3.05) is 11.5 Å². The lowest BCUT2D eigenvalue weighted by atomic mass is 10.1. The topological polar surface area (TPSA) is 80.9 Å². The molecule has 8 heteroatoms. The Morgan fingerprint density at radius 3 is 3.18 bits per heavy atom. The van der Waals surface area contributed by atoms with E-state index in [0.717, 1.165) is 24.7 Å². The maximum absolute atomic E-state index is 10.5. The van der Waals surface area contributed by atoms with Gasteiger partial charge >= 0.3 is 5.97 Å². The molecule has 1 aliphatic rings. The summed E-state index contributed by atoms with van der Waals surface area (Å²) < 4.78 is 1.89. The number of carbonyl (C=O) groups is 1. The molecule has 1 aromatic heterocycles. The van der Waals surface area contributed by atoms with Crippen LogP contribution >= 0.6 is 23.5 Å². The van der Waals surface area contributed by atoms with Crippen LogP contribution in [0.15, 0.2) is 5.16 Å². The summed E-state index contributed by atoms with van der Waals surface area (Å²) in [7, 11) is 0. The molecular formula is C9H14N4O2S2. The van der Waals surface area contributed by atoms with E-state index >= 15 is 0 Å². The molecule has 2 heterocycles. The van der Waals surface area contributed by atoms with Gasteiger partial charge in [-0.1, -0.05) is 11.8 Å². The zero-order valence-electron chi connectivity index (χ0n) is 9.50. The van der Waals surface area contributed by atoms with E-state index in [0.29, 0.717) is 5.16 Å². The van der Waals surface area contributed by atoms with Crippen molar-refractivity contribution in [3.05, 3.63) is 0 Å². The summed E-state index contributed by atoms with van der Waals surface area (Å²) in [4.78, 5) is 10.5. The van der Waals surface area contributed by atoms with Crippen molar-refractivity contribution in [2.24, 2.45) is 0 Å². The van der Waals surface area contributed by atoms with E-state index < -0.39 is 5.97 Å². The third kappa shape index (κ3) is 3.35. The average molecular weight is 274 g/mol. The first-order valence-corrected chi connectivity index (χ1v) is 7.31. The molecule has 1 unspecified atom stereocenters. The van der Waals surface area contributed by atoms with E-state index in [1.807, 2.05) is 11.8 Å². The van der Waals surface area contributed by atoms with Crippen molar-refractivity contribution in [3.63, 3.8) is 0 Å². The van der Waals surface area contributed by atoms with Crippen LogP contribution < -0.4 is 0 Å². The summed E-state index contributed by atoms with van der Waals surface area (Å²) in [5, 5.41) is 20.6. The molecule has 17 heavy (non-hydrogen) atoms. The van der Waals surface area contributed by atoms with Crippen molar-refractivity contribution in [3.8, 4) is 0 Å². The fourth-order valence-corrected chi connectivity index (χ4v) is 3.68. The molecule has 94 valence electrons. The Bertz CT molecular complexity index is 403. The van der Waals surface area contributed by atoms with Gasteiger partial charge in [0.05, 0.1) is 12.3 Å². The van der Waals surface area contributed by atoms with Crippen LogP contribution in [-0.2, 0) is 11.3 Å². The molecule has 2 rings (SSSR count). The lowest BCUT2D eigenvalue weighted by Crippen LogP contribution is -2.25. The van der Waals surface area contributed by atoms with Gasteiger partial charge in [-0.15, -0.1) is 5.10 Å². The third-order valence-electron chi connectivity index (χ3n) is 2.61. The SMILES string of the molecule is CC1(Cn2nnnc2SCC(=O)O)CCCS1. The van der Waals surface area contributed by atoms with E-state index in [-0.39, 0.29) is 10.5 Å². The largest absolute Gasteiger partial charge is 0.481 e. The Labute approximate surface area is 108 Å². The van der Waals surface area contributed by atoms with Crippen LogP contribution in [0.5, 0.6) is 0 Å². The summed E-state index contributed by atoms with van der Waals surface area (Å²) in [6.07, 6.45) is 2.38. The van der Waals surface area contributed by atoms with Crippen LogP contribution in [0.4, 0.5) is 0 Å². The maximum Gasteiger partial charge on any atom is 0.313 e. The Balaban J connectivity index is 2.00. The fraction of sp³-hybridized carbons (Fsp3) is 0.778. The summed E-state index contributed by atoms with van der Waals surface area (Å²) in [5.74, 6) is 0.312. The van der Waals surface area contributed by atoms with Gasteiger partial charge in [0.15, 0.2) is 0 Å². The minimum absolute atomic E-state index is 0.00969. The molecule has 1 fully saturated rings. The van der Waals surface area contributed by atoms with Crippen LogP contribution in [0, 0.1) is 0 Å². The van der Waals surface area contributed by atoms with Crippen LogP contribution in [0.1, 0.15) is 19.8 Å². The van der Waals surface area contributed by atoms with Crippen LogP contribution in [0.3, 0.4) is 0 Å². The minimum atomic E-state index is -0.856. The van der Waals surface area contributed by atoms with Gasteiger partial charge in [0.1, 0.15) is 0 Å². The molecule has 0 spiro atoms. The lowest BCUT2D eigenvalue weighted by molar-refractivity contribution is -0.133. The number of nitrogens with zero attached hydrogens (tertiary/aromatic N) is 4. The first kappa shape index (κ1) is 12.7. The van der Waals surface area contributed by atoms with E-state index in [1.54, 1.807) is 4.68 Å². The summed E-state index contributed by atoms with van der Waals surface area (Å²) >= 11 is 3.10. The highest BCUT2D eigenvalue weighted by Gasteiger charge is 2.31. The van der Waals surface area contributed by atoms with Crippen molar-refractivity contribution in [1.29, 1.82) is 0 Å². The summed E-state index contributed by atoms with van der Waals surface area (Å²) in [6.45, 7) is 2.95. The molecule has 6 nitrogen and oxygen atoms in total. The fourth-order valence-electron chi connectivity index (χ4n) is 1.80. The predicted molar refractivity (Wildman–Crippen MR) is 66.3 cm³/mol. The maximum atomic E-state index is 10.5. The van der Waals surface area contributed by atoms with E-state index in [2.05, 4.69) is 22.4 Å². The Hall–Kier alpha value is -0.760. The molecule has 0 amide bonds. The normalized spacial score (nSPS) is 24.1. The molecule has 0 aromatic carbocycles. The van der Waals surface area contributed by atoms with Crippen molar-refractivity contribution in [2.45, 2.75) is 36.2 Å². The van der Waals surface area contributed by atoms with Gasteiger partial charge in [-0.2, -0.15) is 11.8 Å². The predicted octanol–water partition coefficient (Wildman–Crippen LogP) is 1.14. The number of hydrogen-bond acceptors (Lipinski definition) is 6. The molecule has 1 N–H and O–H groups in total. The van der Waals surface area contributed by atoms with E-state index in [4.69, 9.17) is 5.11 Å². The van der Waals surface area contributed by atoms with Crippen LogP contribution in [0.25, 0.3) is 0 Å². The highest BCUT2D eigenvalue weighted by atomic mass is 32.2. The number of tetrazole rings is 1. The molecule has 1 aromatic rings. The Morgan fingerprint density at radius 2 is 2.53 bits per heavy atom. The number of carboxylic acids is 1. The zero-order chi connectivity index (χ0) is 12.3. The third-order valence-corrected chi connectivity index (χ3v) is 5.07. The first-order chi connectivity index (χ1) is 8.09. The van der Waals surface area contributed by atoms with Crippen LogP contribution in [0.2, 0.25) is 0 Å². The van der Waals surface area contributed by atoms with Crippen molar-refractivity contribution in [1.82, 2.24) is 20.2 Å². The van der Waals surface area contributed by atoms with Gasteiger partial charge in [-0.05, 0) is 35.9 Å². The molecule has 0 bridgehead atoms. The summed E-state index contributed by atoms with van der Waals surface area (Å²) in [6, 6.07) is 0. The summed E-state index contributed by atoms with van der Waals surface area (Å²) in [5.41, 5.74) is 0. The standard InChI is InChI=1S/C9H14N4O2S2/c1-9(3-2-4-17-9)6-13-8(10-11-12-13)16-5-7(14)15/h2-6H2,1H3,(H,14,15). The second-order valence-corrected chi connectivity index (χ2v) is 6.83. The van der Waals surface area contributed by atoms with E-state index in [1.165, 1.54) is 12.2 Å². The number of carboxylic acid groups (broad SMARTS) is 1. The van der Waals surface area contributed by atoms with Crippen molar-refractivity contribution < 1.29 is 9.90 Å². The van der Waals surface area contributed by atoms with Gasteiger partial charge in [0, 0.05) is 4.75 Å². The Morgan fingerprint density at radius 1 is 1.71 bits per heavy atom.